The van der Waals surface area contributed by atoms with Crippen LogP contribution in [0.5, 0.6) is 0 Å². The first-order valence-electron chi connectivity index (χ1n) is 6.54. The molecule has 0 radical (unpaired) electrons. The third kappa shape index (κ3) is 4.17. The lowest BCUT2D eigenvalue weighted by Crippen LogP contribution is -2.42. The number of carbonyl (C=O) groups excluding carboxylic acids is 1. The molecule has 1 atom stereocenters. The van der Waals surface area contributed by atoms with E-state index >= 15 is 0 Å². The normalized spacial score (nSPS) is 18.8. The number of nitrogens with zero attached hydrogens (tertiary/aromatic N) is 1. The topological polar surface area (TPSA) is 57.6 Å². The second-order valence-electron chi connectivity index (χ2n) is 4.83. The summed E-state index contributed by atoms with van der Waals surface area (Å²) in [4.78, 5) is 25.2. The first-order valence-corrected chi connectivity index (χ1v) is 7.42. The van der Waals surface area contributed by atoms with Crippen LogP contribution in [0.15, 0.2) is 29.2 Å². The fourth-order valence-corrected chi connectivity index (χ4v) is 2.82. The summed E-state index contributed by atoms with van der Waals surface area (Å²) in [5.74, 6) is -4.17. The van der Waals surface area contributed by atoms with Crippen molar-refractivity contribution in [3.8, 4) is 0 Å². The fraction of sp³-hybridized carbons (Fsp3) is 0.429. The number of amides is 1. The highest BCUT2D eigenvalue weighted by atomic mass is 32.2. The van der Waals surface area contributed by atoms with Crippen LogP contribution in [0.1, 0.15) is 23.2 Å². The monoisotopic (exact) mass is 315 g/mol. The van der Waals surface area contributed by atoms with Gasteiger partial charge in [-0.1, -0.05) is 11.8 Å². The van der Waals surface area contributed by atoms with E-state index in [0.29, 0.717) is 41.6 Å². The average Bonchev–Trinajstić information content (AvgIpc) is 2.47. The van der Waals surface area contributed by atoms with Gasteiger partial charge in [0.25, 0.3) is 11.7 Å². The van der Waals surface area contributed by atoms with Crippen LogP contribution in [0.3, 0.4) is 0 Å². The number of benzene rings is 1. The first-order chi connectivity index (χ1) is 9.97. The zero-order chi connectivity index (χ0) is 15.4. The number of thioether (sulfide) groups is 1. The zero-order valence-corrected chi connectivity index (χ0v) is 12.0. The Labute approximate surface area is 125 Å². The van der Waals surface area contributed by atoms with Gasteiger partial charge in [0.1, 0.15) is 0 Å². The van der Waals surface area contributed by atoms with Crippen molar-refractivity contribution < 1.29 is 23.5 Å². The van der Waals surface area contributed by atoms with Gasteiger partial charge in [-0.15, -0.1) is 0 Å². The molecule has 1 aliphatic heterocycles. The lowest BCUT2D eigenvalue weighted by atomic mass is 9.97. The van der Waals surface area contributed by atoms with Crippen molar-refractivity contribution in [1.29, 1.82) is 0 Å². The Morgan fingerprint density at radius 3 is 2.52 bits per heavy atom. The Bertz CT molecular complexity index is 521. The van der Waals surface area contributed by atoms with E-state index in [4.69, 9.17) is 5.11 Å². The number of hydrogen-bond acceptors (Lipinski definition) is 3. The van der Waals surface area contributed by atoms with E-state index in [1.807, 2.05) is 0 Å². The van der Waals surface area contributed by atoms with Crippen molar-refractivity contribution in [2.45, 2.75) is 23.5 Å². The van der Waals surface area contributed by atoms with Crippen molar-refractivity contribution in [1.82, 2.24) is 4.90 Å². The molecule has 0 unspecified atom stereocenters. The lowest BCUT2D eigenvalue weighted by Gasteiger charge is -2.30. The Hall–Kier alpha value is -1.63. The molecule has 0 bridgehead atoms. The fourth-order valence-electron chi connectivity index (χ4n) is 2.32. The van der Waals surface area contributed by atoms with Crippen molar-refractivity contribution in [2.24, 2.45) is 5.92 Å². The third-order valence-electron chi connectivity index (χ3n) is 3.38. The summed E-state index contributed by atoms with van der Waals surface area (Å²) < 4.78 is 24.4. The highest BCUT2D eigenvalue weighted by Gasteiger charge is 2.28. The largest absolute Gasteiger partial charge is 0.481 e. The molecule has 7 heteroatoms. The molecule has 4 nitrogen and oxygen atoms in total. The number of likely N-dealkylation sites (tertiary alicyclic amines) is 1. The van der Waals surface area contributed by atoms with Crippen LogP contribution < -0.4 is 0 Å². The number of hydrogen-bond donors (Lipinski definition) is 1. The molecule has 1 heterocycles. The van der Waals surface area contributed by atoms with E-state index < -0.39 is 17.6 Å². The van der Waals surface area contributed by atoms with Gasteiger partial charge in [0, 0.05) is 23.5 Å². The molecule has 21 heavy (non-hydrogen) atoms. The minimum absolute atomic E-state index is 0.196. The SMILES string of the molecule is O=C(O)[C@H]1CCCN(C(=O)c2ccc(SC(F)F)cc2)C1. The minimum Gasteiger partial charge on any atom is -0.481 e. The molecule has 0 spiro atoms. The lowest BCUT2D eigenvalue weighted by molar-refractivity contribution is -0.143. The number of carbonyl (C=O) groups is 2. The zero-order valence-electron chi connectivity index (χ0n) is 11.2. The van der Waals surface area contributed by atoms with Crippen LogP contribution >= 0.6 is 11.8 Å². The van der Waals surface area contributed by atoms with Crippen LogP contribution in [-0.4, -0.2) is 40.7 Å². The number of rotatable bonds is 4. The van der Waals surface area contributed by atoms with Crippen LogP contribution in [0, 0.1) is 5.92 Å². The van der Waals surface area contributed by atoms with Crippen molar-refractivity contribution in [3.05, 3.63) is 29.8 Å². The van der Waals surface area contributed by atoms with E-state index in [0.717, 1.165) is 0 Å². The Morgan fingerprint density at radius 2 is 1.95 bits per heavy atom. The molecule has 1 saturated heterocycles. The van der Waals surface area contributed by atoms with Gasteiger partial charge in [-0.25, -0.2) is 0 Å². The number of aliphatic carboxylic acids is 1. The van der Waals surface area contributed by atoms with E-state index in [9.17, 15) is 18.4 Å². The first kappa shape index (κ1) is 15.8. The molecule has 0 aliphatic carbocycles. The molecule has 0 saturated carbocycles. The standard InChI is InChI=1S/C14H15F2NO3S/c15-14(16)21-11-5-3-9(4-6-11)12(18)17-7-1-2-10(8-17)13(19)20/h3-6,10,14H,1-2,7-8H2,(H,19,20)/t10-/m0/s1. The Balaban J connectivity index is 2.03. The Morgan fingerprint density at radius 1 is 1.29 bits per heavy atom. The van der Waals surface area contributed by atoms with E-state index in [1.165, 1.54) is 29.2 Å². The summed E-state index contributed by atoms with van der Waals surface area (Å²) in [5, 5.41) is 9.02. The highest BCUT2D eigenvalue weighted by Crippen LogP contribution is 2.26. The number of alkyl halides is 2. The maximum atomic E-state index is 12.3. The van der Waals surface area contributed by atoms with Gasteiger partial charge in [-0.05, 0) is 37.1 Å². The molecule has 114 valence electrons. The molecule has 1 N–H and O–H groups in total. The van der Waals surface area contributed by atoms with Gasteiger partial charge in [-0.2, -0.15) is 8.78 Å². The van der Waals surface area contributed by atoms with Crippen molar-refractivity contribution in [2.75, 3.05) is 13.1 Å². The van der Waals surface area contributed by atoms with Crippen LogP contribution in [0.25, 0.3) is 0 Å². The average molecular weight is 315 g/mol. The molecule has 1 amide bonds. The summed E-state index contributed by atoms with van der Waals surface area (Å²) in [6.07, 6.45) is 1.23. The minimum atomic E-state index is -2.50. The van der Waals surface area contributed by atoms with Gasteiger partial charge in [0.15, 0.2) is 0 Å². The summed E-state index contributed by atoms with van der Waals surface area (Å²) in [7, 11) is 0. The van der Waals surface area contributed by atoms with Gasteiger partial charge in [-0.3, -0.25) is 9.59 Å². The van der Waals surface area contributed by atoms with Gasteiger partial charge in [0.05, 0.1) is 5.92 Å². The van der Waals surface area contributed by atoms with Crippen LogP contribution in [-0.2, 0) is 4.79 Å². The number of carboxylic acid groups (broad SMARTS) is 1. The molecule has 1 fully saturated rings. The Kier molecular flexibility index (Phi) is 5.17. The molecule has 1 aliphatic rings. The smallest absolute Gasteiger partial charge is 0.308 e. The number of halogens is 2. The van der Waals surface area contributed by atoms with Gasteiger partial charge < -0.3 is 10.0 Å². The molecule has 0 aromatic heterocycles. The van der Waals surface area contributed by atoms with Crippen molar-refractivity contribution in [3.63, 3.8) is 0 Å². The molecular weight excluding hydrogens is 300 g/mol. The molecule has 1 aromatic carbocycles. The van der Waals surface area contributed by atoms with Crippen LogP contribution in [0.2, 0.25) is 0 Å². The summed E-state index contributed by atoms with van der Waals surface area (Å²) in [6.45, 7) is 0.720. The predicted octanol–water partition coefficient (Wildman–Crippen LogP) is 2.94. The quantitative estimate of drug-likeness (QED) is 0.868. The highest BCUT2D eigenvalue weighted by molar-refractivity contribution is 7.99. The summed E-state index contributed by atoms with van der Waals surface area (Å²) >= 11 is 0.423. The van der Waals surface area contributed by atoms with Gasteiger partial charge in [0.2, 0.25) is 0 Å². The molecule has 1 aromatic rings. The summed E-state index contributed by atoms with van der Waals surface area (Å²) in [5.41, 5.74) is 0.389. The molecule has 2 rings (SSSR count). The third-order valence-corrected chi connectivity index (χ3v) is 4.11. The van der Waals surface area contributed by atoms with Gasteiger partial charge >= 0.3 is 5.97 Å². The predicted molar refractivity (Wildman–Crippen MR) is 74.6 cm³/mol. The molecular formula is C14H15F2NO3S. The maximum absolute atomic E-state index is 12.3. The van der Waals surface area contributed by atoms with E-state index in [1.54, 1.807) is 0 Å². The second-order valence-corrected chi connectivity index (χ2v) is 5.89. The maximum Gasteiger partial charge on any atom is 0.308 e. The van der Waals surface area contributed by atoms with Crippen LogP contribution in [0.4, 0.5) is 8.78 Å². The second kappa shape index (κ2) is 6.89. The number of carboxylic acids is 1. The van der Waals surface area contributed by atoms with E-state index in [2.05, 4.69) is 0 Å². The number of piperidine rings is 1. The summed E-state index contributed by atoms with van der Waals surface area (Å²) in [6, 6.07) is 5.94. The van der Waals surface area contributed by atoms with E-state index in [-0.39, 0.29) is 12.5 Å². The van der Waals surface area contributed by atoms with Crippen molar-refractivity contribution >= 4 is 23.6 Å².